The van der Waals surface area contributed by atoms with E-state index in [9.17, 15) is 9.90 Å². The molecule has 1 saturated heterocycles. The Balaban J connectivity index is 2.05. The molecular formula is C20H28O5. The summed E-state index contributed by atoms with van der Waals surface area (Å²) in [6.45, 7) is 9.79. The van der Waals surface area contributed by atoms with Crippen LogP contribution in [0.4, 0.5) is 0 Å². The number of methoxy groups -OCH3 is 1. The van der Waals surface area contributed by atoms with Gasteiger partial charge in [0, 0.05) is 23.8 Å². The van der Waals surface area contributed by atoms with Gasteiger partial charge in [-0.1, -0.05) is 38.1 Å². The average molecular weight is 348 g/mol. The smallest absolute Gasteiger partial charge is 0.184 e. The molecule has 5 atom stereocenters. The first kappa shape index (κ1) is 19.6. The van der Waals surface area contributed by atoms with Gasteiger partial charge in [-0.25, -0.2) is 0 Å². The van der Waals surface area contributed by atoms with Crippen LogP contribution in [0, 0.1) is 11.8 Å². The van der Waals surface area contributed by atoms with Crippen molar-refractivity contribution in [1.82, 2.24) is 0 Å². The second kappa shape index (κ2) is 8.61. The number of aliphatic hydroxyl groups excluding tert-OH is 1. The molecule has 5 nitrogen and oxygen atoms in total. The van der Waals surface area contributed by atoms with Gasteiger partial charge in [0.05, 0.1) is 25.9 Å². The minimum Gasteiger partial charge on any atom is -0.497 e. The van der Waals surface area contributed by atoms with Crippen molar-refractivity contribution >= 4 is 5.78 Å². The zero-order valence-electron chi connectivity index (χ0n) is 15.4. The minimum absolute atomic E-state index is 0.0252. The number of hydrogen-bond donors (Lipinski definition) is 1. The average Bonchev–Trinajstić information content (AvgIpc) is 2.61. The van der Waals surface area contributed by atoms with Crippen molar-refractivity contribution in [1.29, 1.82) is 0 Å². The molecule has 25 heavy (non-hydrogen) atoms. The molecule has 2 rings (SSSR count). The summed E-state index contributed by atoms with van der Waals surface area (Å²) < 4.78 is 17.1. The van der Waals surface area contributed by atoms with Crippen LogP contribution in [0.2, 0.25) is 0 Å². The van der Waals surface area contributed by atoms with E-state index in [1.54, 1.807) is 14.0 Å². The highest BCUT2D eigenvalue weighted by molar-refractivity contribution is 5.82. The number of carbonyl (C=O) groups is 1. The summed E-state index contributed by atoms with van der Waals surface area (Å²) in [7, 11) is 1.62. The topological polar surface area (TPSA) is 65.0 Å². The lowest BCUT2D eigenvalue weighted by atomic mass is 9.87. The second-order valence-corrected chi connectivity index (χ2v) is 6.84. The molecule has 1 N–H and O–H groups in total. The zero-order chi connectivity index (χ0) is 18.6. The molecule has 1 aromatic rings. The van der Waals surface area contributed by atoms with Gasteiger partial charge in [0.2, 0.25) is 0 Å². The molecule has 1 aromatic carbocycles. The third-order valence-electron chi connectivity index (χ3n) is 4.70. The molecule has 0 radical (unpaired) electrons. The molecule has 0 amide bonds. The maximum absolute atomic E-state index is 12.5. The van der Waals surface area contributed by atoms with Crippen LogP contribution in [0.3, 0.4) is 0 Å². The number of aliphatic hydroxyl groups is 1. The van der Waals surface area contributed by atoms with E-state index in [4.69, 9.17) is 14.2 Å². The second-order valence-electron chi connectivity index (χ2n) is 6.84. The highest BCUT2D eigenvalue weighted by atomic mass is 16.7. The number of ether oxygens (including phenoxy) is 3. The number of carbonyl (C=O) groups excluding carboxylic acids is 1. The van der Waals surface area contributed by atoms with Crippen molar-refractivity contribution in [2.45, 2.75) is 45.7 Å². The van der Waals surface area contributed by atoms with Crippen LogP contribution in [0.25, 0.3) is 0 Å². The molecule has 1 heterocycles. The van der Waals surface area contributed by atoms with Crippen LogP contribution in [-0.4, -0.2) is 36.8 Å². The summed E-state index contributed by atoms with van der Waals surface area (Å²) >= 11 is 0. The predicted octanol–water partition coefficient (Wildman–Crippen LogP) is 3.28. The summed E-state index contributed by atoms with van der Waals surface area (Å²) in [4.78, 5) is 12.5. The van der Waals surface area contributed by atoms with Crippen LogP contribution in [-0.2, 0) is 14.3 Å². The van der Waals surface area contributed by atoms with Crippen molar-refractivity contribution < 1.29 is 24.1 Å². The van der Waals surface area contributed by atoms with Gasteiger partial charge in [-0.05, 0) is 19.1 Å². The van der Waals surface area contributed by atoms with E-state index < -0.39 is 12.4 Å². The molecule has 138 valence electrons. The van der Waals surface area contributed by atoms with Crippen molar-refractivity contribution in [3.63, 3.8) is 0 Å². The zero-order valence-corrected chi connectivity index (χ0v) is 15.4. The monoisotopic (exact) mass is 348 g/mol. The molecule has 1 fully saturated rings. The largest absolute Gasteiger partial charge is 0.497 e. The Morgan fingerprint density at radius 3 is 2.60 bits per heavy atom. The number of benzene rings is 1. The van der Waals surface area contributed by atoms with Gasteiger partial charge in [0.15, 0.2) is 6.29 Å². The molecule has 0 saturated carbocycles. The molecule has 0 unspecified atom stereocenters. The van der Waals surface area contributed by atoms with E-state index in [1.165, 1.54) is 0 Å². The maximum atomic E-state index is 12.5. The molecule has 1 aliphatic heterocycles. The summed E-state index contributed by atoms with van der Waals surface area (Å²) in [5.74, 6) is 0.508. The molecular weight excluding hydrogens is 320 g/mol. The Bertz CT molecular complexity index is 595. The number of ketones is 1. The standard InChI is InChI=1S/C20H28O5/c1-12(2)17(21)10-18(22)14(4)19-13(3)11-24-20(25-19)15-6-8-16(23-5)9-7-15/h6-9,13-14,17,19-21H,1,10-11H2,2-5H3/t13-,14-,17+,19-,20-/m0/s1. The molecule has 1 aliphatic rings. The fourth-order valence-electron chi connectivity index (χ4n) is 2.93. The van der Waals surface area contributed by atoms with Crippen LogP contribution in [0.1, 0.15) is 39.0 Å². The van der Waals surface area contributed by atoms with Gasteiger partial charge in [-0.15, -0.1) is 0 Å². The number of hydrogen-bond acceptors (Lipinski definition) is 5. The van der Waals surface area contributed by atoms with E-state index in [2.05, 4.69) is 6.58 Å². The highest BCUT2D eigenvalue weighted by Gasteiger charge is 2.36. The Labute approximate surface area is 149 Å². The van der Waals surface area contributed by atoms with E-state index in [0.29, 0.717) is 12.2 Å². The number of Topliss-reactive ketones (excluding diaryl/α,β-unsaturated/α-hetero) is 1. The summed E-state index contributed by atoms with van der Waals surface area (Å²) in [6.07, 6.45) is -1.50. The number of rotatable bonds is 7. The van der Waals surface area contributed by atoms with Gasteiger partial charge < -0.3 is 19.3 Å². The Hall–Kier alpha value is -1.69. The van der Waals surface area contributed by atoms with Gasteiger partial charge in [0.1, 0.15) is 11.5 Å². The van der Waals surface area contributed by atoms with Crippen LogP contribution in [0.15, 0.2) is 36.4 Å². The van der Waals surface area contributed by atoms with Gasteiger partial charge >= 0.3 is 0 Å². The van der Waals surface area contributed by atoms with Crippen LogP contribution < -0.4 is 4.74 Å². The van der Waals surface area contributed by atoms with Crippen LogP contribution >= 0.6 is 0 Å². The van der Waals surface area contributed by atoms with Crippen molar-refractivity contribution in [2.24, 2.45) is 11.8 Å². The van der Waals surface area contributed by atoms with Crippen molar-refractivity contribution in [2.75, 3.05) is 13.7 Å². The molecule has 0 aromatic heterocycles. The van der Waals surface area contributed by atoms with Crippen molar-refractivity contribution in [3.8, 4) is 5.75 Å². The Morgan fingerprint density at radius 1 is 1.40 bits per heavy atom. The summed E-state index contributed by atoms with van der Waals surface area (Å²) in [6, 6.07) is 7.50. The van der Waals surface area contributed by atoms with E-state index in [-0.39, 0.29) is 30.1 Å². The third-order valence-corrected chi connectivity index (χ3v) is 4.70. The molecule has 5 heteroatoms. The normalized spacial score (nSPS) is 25.9. The third kappa shape index (κ3) is 4.91. The summed E-state index contributed by atoms with van der Waals surface area (Å²) in [5, 5.41) is 9.89. The molecule has 0 aliphatic carbocycles. The molecule has 0 spiro atoms. The van der Waals surface area contributed by atoms with Gasteiger partial charge in [-0.2, -0.15) is 0 Å². The van der Waals surface area contributed by atoms with E-state index >= 15 is 0 Å². The fraction of sp³-hybridized carbons (Fsp3) is 0.550. The first-order chi connectivity index (χ1) is 11.8. The highest BCUT2D eigenvalue weighted by Crippen LogP contribution is 2.34. The first-order valence-electron chi connectivity index (χ1n) is 8.60. The lowest BCUT2D eigenvalue weighted by molar-refractivity contribution is -0.247. The lowest BCUT2D eigenvalue weighted by Crippen LogP contribution is -2.42. The Morgan fingerprint density at radius 2 is 2.04 bits per heavy atom. The Kier molecular flexibility index (Phi) is 6.76. The van der Waals surface area contributed by atoms with E-state index in [1.807, 2.05) is 38.1 Å². The van der Waals surface area contributed by atoms with Gasteiger partial charge in [0.25, 0.3) is 0 Å². The van der Waals surface area contributed by atoms with E-state index in [0.717, 1.165) is 11.3 Å². The lowest BCUT2D eigenvalue weighted by Gasteiger charge is -2.38. The first-order valence-corrected chi connectivity index (χ1v) is 8.60. The minimum atomic E-state index is -0.803. The van der Waals surface area contributed by atoms with Crippen molar-refractivity contribution in [3.05, 3.63) is 42.0 Å². The summed E-state index contributed by atoms with van der Waals surface area (Å²) in [5.41, 5.74) is 1.48. The van der Waals surface area contributed by atoms with Crippen LogP contribution in [0.5, 0.6) is 5.75 Å². The SMILES string of the molecule is C=C(C)[C@H](O)CC(=O)[C@H](C)[C@H]1O[C@@H](c2ccc(OC)cc2)OC[C@@H]1C. The molecule has 0 bridgehead atoms. The fourth-order valence-corrected chi connectivity index (χ4v) is 2.93. The predicted molar refractivity (Wildman–Crippen MR) is 95.3 cm³/mol. The van der Waals surface area contributed by atoms with Gasteiger partial charge in [-0.3, -0.25) is 4.79 Å². The maximum Gasteiger partial charge on any atom is 0.184 e. The quantitative estimate of drug-likeness (QED) is 0.766.